The molecule has 1 nitrogen and oxygen atoms in total. The molecule has 0 spiro atoms. The van der Waals surface area contributed by atoms with E-state index < -0.39 is 0 Å². The van der Waals surface area contributed by atoms with E-state index in [0.717, 1.165) is 6.42 Å². The number of rotatable bonds is 4. The summed E-state index contributed by atoms with van der Waals surface area (Å²) in [6, 6.07) is 0. The maximum atomic E-state index is 11.4. The minimum Gasteiger partial charge on any atom is -0.300 e. The van der Waals surface area contributed by atoms with Gasteiger partial charge in [-0.2, -0.15) is 0 Å². The van der Waals surface area contributed by atoms with Crippen molar-refractivity contribution in [3.8, 4) is 0 Å². The molecular weight excluding hydrogens is 160 g/mol. The average molecular weight is 182 g/mol. The summed E-state index contributed by atoms with van der Waals surface area (Å²) in [5.74, 6) is 1.55. The molecule has 0 bridgehead atoms. The topological polar surface area (TPSA) is 17.1 Å². The molecule has 0 aromatic rings. The Morgan fingerprint density at radius 1 is 1.31 bits per heavy atom. The average Bonchev–Trinajstić information content (AvgIpc) is 2.15. The normalized spacial score (nSPS) is 28.8. The highest BCUT2D eigenvalue weighted by atomic mass is 16.1. The predicted octanol–water partition coefficient (Wildman–Crippen LogP) is 3.57. The molecule has 0 saturated heterocycles. The monoisotopic (exact) mass is 182 g/mol. The highest BCUT2D eigenvalue weighted by molar-refractivity contribution is 5.78. The van der Waals surface area contributed by atoms with Crippen LogP contribution in [0.1, 0.15) is 58.8 Å². The van der Waals surface area contributed by atoms with Gasteiger partial charge in [0.05, 0.1) is 0 Å². The van der Waals surface area contributed by atoms with Crippen LogP contribution >= 0.6 is 0 Å². The van der Waals surface area contributed by atoms with E-state index in [1.54, 1.807) is 6.92 Å². The van der Waals surface area contributed by atoms with Gasteiger partial charge >= 0.3 is 0 Å². The number of carbonyl (C=O) groups excluding carboxylic acids is 1. The summed E-state index contributed by atoms with van der Waals surface area (Å²) >= 11 is 0. The van der Waals surface area contributed by atoms with Gasteiger partial charge in [-0.25, -0.2) is 0 Å². The van der Waals surface area contributed by atoms with Crippen molar-refractivity contribution in [2.45, 2.75) is 58.8 Å². The standard InChI is InChI=1S/C12H22O/c1-3-4-7-11-8-5-6-9-12(11)10(2)13/h11-12H,3-9H2,1-2H3. The van der Waals surface area contributed by atoms with E-state index in [0.29, 0.717) is 17.6 Å². The predicted molar refractivity (Wildman–Crippen MR) is 55.7 cm³/mol. The lowest BCUT2D eigenvalue weighted by Gasteiger charge is -2.29. The Labute approximate surface area is 81.9 Å². The Hall–Kier alpha value is -0.330. The van der Waals surface area contributed by atoms with Crippen molar-refractivity contribution in [2.24, 2.45) is 11.8 Å². The van der Waals surface area contributed by atoms with E-state index in [2.05, 4.69) is 6.92 Å². The molecule has 2 atom stereocenters. The van der Waals surface area contributed by atoms with Gasteiger partial charge in [0.2, 0.25) is 0 Å². The van der Waals surface area contributed by atoms with E-state index in [1.807, 2.05) is 0 Å². The molecule has 1 aliphatic rings. The summed E-state index contributed by atoms with van der Waals surface area (Å²) in [6.07, 6.45) is 8.91. The lowest BCUT2D eigenvalue weighted by Crippen LogP contribution is -2.25. The first-order chi connectivity index (χ1) is 6.25. The number of hydrogen-bond donors (Lipinski definition) is 0. The van der Waals surface area contributed by atoms with Crippen molar-refractivity contribution in [1.29, 1.82) is 0 Å². The van der Waals surface area contributed by atoms with Crippen LogP contribution in [0, 0.1) is 11.8 Å². The second-order valence-corrected chi connectivity index (χ2v) is 4.40. The molecule has 0 radical (unpaired) electrons. The van der Waals surface area contributed by atoms with Gasteiger partial charge in [0.15, 0.2) is 0 Å². The van der Waals surface area contributed by atoms with Gasteiger partial charge < -0.3 is 0 Å². The molecule has 1 heteroatoms. The van der Waals surface area contributed by atoms with Crippen LogP contribution in [-0.4, -0.2) is 5.78 Å². The zero-order valence-corrected chi connectivity index (χ0v) is 9.01. The highest BCUT2D eigenvalue weighted by Crippen LogP contribution is 2.33. The molecule has 1 rings (SSSR count). The van der Waals surface area contributed by atoms with Crippen LogP contribution < -0.4 is 0 Å². The van der Waals surface area contributed by atoms with E-state index >= 15 is 0 Å². The van der Waals surface area contributed by atoms with Crippen LogP contribution in [0.2, 0.25) is 0 Å². The third kappa shape index (κ3) is 3.13. The molecule has 1 aliphatic carbocycles. The fourth-order valence-electron chi connectivity index (χ4n) is 2.55. The molecule has 0 aliphatic heterocycles. The Morgan fingerprint density at radius 3 is 2.62 bits per heavy atom. The summed E-state index contributed by atoms with van der Waals surface area (Å²) in [7, 11) is 0. The summed E-state index contributed by atoms with van der Waals surface area (Å²) < 4.78 is 0. The van der Waals surface area contributed by atoms with Crippen molar-refractivity contribution in [1.82, 2.24) is 0 Å². The fraction of sp³-hybridized carbons (Fsp3) is 0.917. The Kier molecular flexibility index (Phi) is 4.47. The Morgan fingerprint density at radius 2 is 2.00 bits per heavy atom. The molecule has 0 aromatic carbocycles. The molecule has 1 fully saturated rings. The zero-order valence-electron chi connectivity index (χ0n) is 9.01. The minimum atomic E-state index is 0.403. The fourth-order valence-corrected chi connectivity index (χ4v) is 2.55. The van der Waals surface area contributed by atoms with Crippen molar-refractivity contribution in [3.63, 3.8) is 0 Å². The van der Waals surface area contributed by atoms with Crippen LogP contribution in [0.4, 0.5) is 0 Å². The Balaban J connectivity index is 2.41. The van der Waals surface area contributed by atoms with E-state index in [1.165, 1.54) is 38.5 Å². The molecule has 0 heterocycles. The molecule has 13 heavy (non-hydrogen) atoms. The van der Waals surface area contributed by atoms with Crippen LogP contribution in [0.15, 0.2) is 0 Å². The van der Waals surface area contributed by atoms with Gasteiger partial charge in [0.1, 0.15) is 5.78 Å². The Bertz CT molecular complexity index is 163. The number of unbranched alkanes of at least 4 members (excludes halogenated alkanes) is 1. The summed E-state index contributed by atoms with van der Waals surface area (Å²) in [6.45, 7) is 4.00. The molecule has 0 amide bonds. The quantitative estimate of drug-likeness (QED) is 0.649. The first-order valence-electron chi connectivity index (χ1n) is 5.76. The highest BCUT2D eigenvalue weighted by Gasteiger charge is 2.27. The van der Waals surface area contributed by atoms with E-state index in [-0.39, 0.29) is 0 Å². The second-order valence-electron chi connectivity index (χ2n) is 4.40. The SMILES string of the molecule is CCCCC1CCCCC1C(C)=O. The number of ketones is 1. The first-order valence-corrected chi connectivity index (χ1v) is 5.76. The third-order valence-electron chi connectivity index (χ3n) is 3.36. The summed E-state index contributed by atoms with van der Waals surface area (Å²) in [5.41, 5.74) is 0. The largest absolute Gasteiger partial charge is 0.300 e. The van der Waals surface area contributed by atoms with Crippen molar-refractivity contribution >= 4 is 5.78 Å². The number of Topliss-reactive ketones (excluding diaryl/α,β-unsaturated/α-hetero) is 1. The van der Waals surface area contributed by atoms with Gasteiger partial charge in [0.25, 0.3) is 0 Å². The lowest BCUT2D eigenvalue weighted by atomic mass is 9.75. The van der Waals surface area contributed by atoms with E-state index in [4.69, 9.17) is 0 Å². The molecule has 0 aromatic heterocycles. The van der Waals surface area contributed by atoms with Crippen molar-refractivity contribution in [2.75, 3.05) is 0 Å². The van der Waals surface area contributed by atoms with Crippen LogP contribution in [0.3, 0.4) is 0 Å². The molecule has 2 unspecified atom stereocenters. The minimum absolute atomic E-state index is 0.403. The first kappa shape index (κ1) is 10.7. The summed E-state index contributed by atoms with van der Waals surface area (Å²) in [4.78, 5) is 11.4. The maximum absolute atomic E-state index is 11.4. The van der Waals surface area contributed by atoms with Crippen LogP contribution in [0.5, 0.6) is 0 Å². The third-order valence-corrected chi connectivity index (χ3v) is 3.36. The number of hydrogen-bond acceptors (Lipinski definition) is 1. The lowest BCUT2D eigenvalue weighted by molar-refractivity contribution is -0.123. The van der Waals surface area contributed by atoms with Crippen molar-refractivity contribution < 1.29 is 4.79 Å². The van der Waals surface area contributed by atoms with Crippen LogP contribution in [0.25, 0.3) is 0 Å². The smallest absolute Gasteiger partial charge is 0.133 e. The maximum Gasteiger partial charge on any atom is 0.133 e. The van der Waals surface area contributed by atoms with E-state index in [9.17, 15) is 4.79 Å². The van der Waals surface area contributed by atoms with Crippen LogP contribution in [-0.2, 0) is 4.79 Å². The molecule has 1 saturated carbocycles. The van der Waals surface area contributed by atoms with Gasteiger partial charge in [-0.15, -0.1) is 0 Å². The van der Waals surface area contributed by atoms with Gasteiger partial charge in [-0.05, 0) is 32.1 Å². The van der Waals surface area contributed by atoms with Gasteiger partial charge in [-0.1, -0.05) is 32.6 Å². The van der Waals surface area contributed by atoms with Gasteiger partial charge in [0, 0.05) is 5.92 Å². The number of carbonyl (C=O) groups is 1. The van der Waals surface area contributed by atoms with Crippen molar-refractivity contribution in [3.05, 3.63) is 0 Å². The molecular formula is C12H22O. The zero-order chi connectivity index (χ0) is 9.68. The molecule has 0 N–H and O–H groups in total. The molecule has 76 valence electrons. The van der Waals surface area contributed by atoms with Gasteiger partial charge in [-0.3, -0.25) is 4.79 Å². The summed E-state index contributed by atoms with van der Waals surface area (Å²) in [5, 5.41) is 0. The second kappa shape index (κ2) is 5.41.